The third kappa shape index (κ3) is 4.59. The fourth-order valence-electron chi connectivity index (χ4n) is 2.87. The van der Waals surface area contributed by atoms with E-state index in [9.17, 15) is 10.1 Å². The Morgan fingerprint density at radius 1 is 1.45 bits per heavy atom. The van der Waals surface area contributed by atoms with Crippen LogP contribution in [0.25, 0.3) is 0 Å². The van der Waals surface area contributed by atoms with Gasteiger partial charge in [-0.05, 0) is 37.8 Å². The van der Waals surface area contributed by atoms with Crippen LogP contribution in [0.2, 0.25) is 0 Å². The van der Waals surface area contributed by atoms with Crippen LogP contribution < -0.4 is 9.47 Å². The molecule has 1 aromatic carbocycles. The average Bonchev–Trinajstić information content (AvgIpc) is 2.51. The molecule has 1 aliphatic rings. The average molecular weight is 308 g/mol. The van der Waals surface area contributed by atoms with Crippen molar-refractivity contribution >= 4 is 5.69 Å². The summed E-state index contributed by atoms with van der Waals surface area (Å²) in [5.41, 5.74) is -0.0443. The van der Waals surface area contributed by atoms with E-state index in [1.54, 1.807) is 12.1 Å². The molecule has 0 spiro atoms. The first-order valence-electron chi connectivity index (χ1n) is 7.77. The molecule has 22 heavy (non-hydrogen) atoms. The lowest BCUT2D eigenvalue weighted by atomic mass is 10.0. The normalized spacial score (nSPS) is 18.9. The Hall–Kier alpha value is -1.82. The van der Waals surface area contributed by atoms with Crippen molar-refractivity contribution < 1.29 is 14.4 Å². The molecule has 0 N–H and O–H groups in total. The van der Waals surface area contributed by atoms with Gasteiger partial charge in [0.25, 0.3) is 0 Å². The Labute approximate surface area is 131 Å². The number of hydrogen-bond acceptors (Lipinski definition) is 5. The molecule has 2 rings (SSSR count). The molecule has 0 aliphatic carbocycles. The number of hydrogen-bond donors (Lipinski definition) is 0. The Kier molecular flexibility index (Phi) is 6.00. The minimum absolute atomic E-state index is 0.0443. The van der Waals surface area contributed by atoms with E-state index in [1.165, 1.54) is 39.1 Å². The minimum Gasteiger partial charge on any atom is -0.493 e. The van der Waals surface area contributed by atoms with Crippen LogP contribution in [-0.4, -0.2) is 43.2 Å². The number of nitrogens with zero attached hydrogens (tertiary/aromatic N) is 2. The van der Waals surface area contributed by atoms with Crippen molar-refractivity contribution in [2.45, 2.75) is 26.2 Å². The number of piperidine rings is 1. The lowest BCUT2D eigenvalue weighted by molar-refractivity contribution is -0.385. The third-order valence-electron chi connectivity index (χ3n) is 3.98. The molecule has 0 bridgehead atoms. The van der Waals surface area contributed by atoms with Gasteiger partial charge in [-0.3, -0.25) is 10.1 Å². The van der Waals surface area contributed by atoms with Crippen LogP contribution in [0.1, 0.15) is 26.2 Å². The van der Waals surface area contributed by atoms with E-state index in [1.807, 2.05) is 0 Å². The predicted octanol–water partition coefficient (Wildman–Crippen LogP) is 3.10. The van der Waals surface area contributed by atoms with Crippen molar-refractivity contribution in [1.82, 2.24) is 4.90 Å². The van der Waals surface area contributed by atoms with Crippen LogP contribution in [0.5, 0.6) is 11.5 Å². The molecule has 0 aromatic heterocycles. The summed E-state index contributed by atoms with van der Waals surface area (Å²) in [5, 5.41) is 10.8. The number of methoxy groups -OCH3 is 1. The molecule has 0 unspecified atom stereocenters. The second-order valence-corrected chi connectivity index (χ2v) is 5.84. The Balaban J connectivity index is 1.78. The molecule has 6 heteroatoms. The molecule has 1 fully saturated rings. The SMILES string of the molecule is COc1cc(OCCCN2CCC[C@H](C)C2)ccc1[N+](=O)[O-]. The maximum Gasteiger partial charge on any atom is 0.311 e. The summed E-state index contributed by atoms with van der Waals surface area (Å²) >= 11 is 0. The Morgan fingerprint density at radius 3 is 2.95 bits per heavy atom. The van der Waals surface area contributed by atoms with Gasteiger partial charge in [-0.2, -0.15) is 0 Å². The molecule has 1 aliphatic heterocycles. The number of likely N-dealkylation sites (tertiary alicyclic amines) is 1. The zero-order valence-corrected chi connectivity index (χ0v) is 13.3. The van der Waals surface area contributed by atoms with Gasteiger partial charge in [-0.25, -0.2) is 0 Å². The molecule has 0 amide bonds. The van der Waals surface area contributed by atoms with E-state index in [2.05, 4.69) is 11.8 Å². The summed E-state index contributed by atoms with van der Waals surface area (Å²) < 4.78 is 10.7. The van der Waals surface area contributed by atoms with Crippen LogP contribution >= 0.6 is 0 Å². The van der Waals surface area contributed by atoms with Gasteiger partial charge < -0.3 is 14.4 Å². The highest BCUT2D eigenvalue weighted by Gasteiger charge is 2.16. The van der Waals surface area contributed by atoms with Crippen molar-refractivity contribution in [3.63, 3.8) is 0 Å². The number of rotatable bonds is 7. The van der Waals surface area contributed by atoms with Gasteiger partial charge in [-0.1, -0.05) is 6.92 Å². The summed E-state index contributed by atoms with van der Waals surface area (Å²) in [6.07, 6.45) is 3.56. The van der Waals surface area contributed by atoms with Gasteiger partial charge in [0, 0.05) is 25.2 Å². The maximum absolute atomic E-state index is 10.8. The first-order chi connectivity index (χ1) is 10.6. The summed E-state index contributed by atoms with van der Waals surface area (Å²) in [7, 11) is 1.42. The van der Waals surface area contributed by atoms with Crippen molar-refractivity contribution in [3.05, 3.63) is 28.3 Å². The third-order valence-corrected chi connectivity index (χ3v) is 3.98. The van der Waals surface area contributed by atoms with Crippen LogP contribution in [0.4, 0.5) is 5.69 Å². The minimum atomic E-state index is -0.458. The summed E-state index contributed by atoms with van der Waals surface area (Å²) in [4.78, 5) is 12.9. The zero-order chi connectivity index (χ0) is 15.9. The number of ether oxygens (including phenoxy) is 2. The fraction of sp³-hybridized carbons (Fsp3) is 0.625. The first-order valence-corrected chi connectivity index (χ1v) is 7.77. The highest BCUT2D eigenvalue weighted by molar-refractivity contribution is 5.50. The highest BCUT2D eigenvalue weighted by atomic mass is 16.6. The van der Waals surface area contributed by atoms with Gasteiger partial charge in [0.05, 0.1) is 18.6 Å². The zero-order valence-electron chi connectivity index (χ0n) is 13.3. The molecule has 1 saturated heterocycles. The predicted molar refractivity (Wildman–Crippen MR) is 84.6 cm³/mol. The van der Waals surface area contributed by atoms with Gasteiger partial charge >= 0.3 is 5.69 Å². The molecule has 0 radical (unpaired) electrons. The molecule has 1 aromatic rings. The summed E-state index contributed by atoms with van der Waals surface area (Å²) in [6.45, 7) is 6.28. The number of nitro groups is 1. The number of benzene rings is 1. The topological polar surface area (TPSA) is 64.8 Å². The maximum atomic E-state index is 10.8. The lowest BCUT2D eigenvalue weighted by Gasteiger charge is -2.30. The van der Waals surface area contributed by atoms with Crippen LogP contribution in [-0.2, 0) is 0 Å². The van der Waals surface area contributed by atoms with Gasteiger partial charge in [-0.15, -0.1) is 0 Å². The summed E-state index contributed by atoms with van der Waals surface area (Å²) in [6, 6.07) is 4.60. The van der Waals surface area contributed by atoms with E-state index in [4.69, 9.17) is 9.47 Å². The molecule has 122 valence electrons. The largest absolute Gasteiger partial charge is 0.493 e. The Bertz CT molecular complexity index is 507. The highest BCUT2D eigenvalue weighted by Crippen LogP contribution is 2.30. The molecular weight excluding hydrogens is 284 g/mol. The standard InChI is InChI=1S/C16H24N2O4/c1-13-5-3-8-17(12-13)9-4-10-22-14-6-7-15(18(19)20)16(11-14)21-2/h6-7,11,13H,3-5,8-10,12H2,1-2H3/t13-/m0/s1. The molecular formula is C16H24N2O4. The second-order valence-electron chi connectivity index (χ2n) is 5.84. The fourth-order valence-corrected chi connectivity index (χ4v) is 2.87. The van der Waals surface area contributed by atoms with Crippen molar-refractivity contribution in [2.24, 2.45) is 5.92 Å². The quantitative estimate of drug-likeness (QED) is 0.440. The van der Waals surface area contributed by atoms with E-state index in [-0.39, 0.29) is 11.4 Å². The van der Waals surface area contributed by atoms with Crippen molar-refractivity contribution in [2.75, 3.05) is 33.4 Å². The van der Waals surface area contributed by atoms with Gasteiger partial charge in [0.15, 0.2) is 0 Å². The van der Waals surface area contributed by atoms with Crippen LogP contribution in [0.15, 0.2) is 18.2 Å². The summed E-state index contributed by atoms with van der Waals surface area (Å²) in [5.74, 6) is 1.62. The van der Waals surface area contributed by atoms with E-state index in [0.717, 1.165) is 18.9 Å². The molecule has 6 nitrogen and oxygen atoms in total. The molecule has 1 heterocycles. The van der Waals surface area contributed by atoms with Crippen LogP contribution in [0.3, 0.4) is 0 Å². The van der Waals surface area contributed by atoms with Crippen molar-refractivity contribution in [3.8, 4) is 11.5 Å². The second kappa shape index (κ2) is 7.98. The Morgan fingerprint density at radius 2 is 2.27 bits per heavy atom. The number of nitro benzene ring substituents is 1. The van der Waals surface area contributed by atoms with Gasteiger partial charge in [0.1, 0.15) is 5.75 Å². The van der Waals surface area contributed by atoms with E-state index >= 15 is 0 Å². The van der Waals surface area contributed by atoms with Gasteiger partial charge in [0.2, 0.25) is 5.75 Å². The van der Waals surface area contributed by atoms with Crippen LogP contribution in [0, 0.1) is 16.0 Å². The smallest absolute Gasteiger partial charge is 0.311 e. The monoisotopic (exact) mass is 308 g/mol. The lowest BCUT2D eigenvalue weighted by Crippen LogP contribution is -2.35. The first kappa shape index (κ1) is 16.5. The molecule has 0 saturated carbocycles. The van der Waals surface area contributed by atoms with E-state index in [0.29, 0.717) is 12.4 Å². The molecule has 1 atom stereocenters. The van der Waals surface area contributed by atoms with Crippen molar-refractivity contribution in [1.29, 1.82) is 0 Å². The van der Waals surface area contributed by atoms with E-state index < -0.39 is 4.92 Å².